The van der Waals surface area contributed by atoms with Gasteiger partial charge in [0.05, 0.1) is 6.20 Å². The number of benzene rings is 1. The van der Waals surface area contributed by atoms with Crippen LogP contribution in [0.25, 0.3) is 0 Å². The molecule has 1 atom stereocenters. The first-order valence-electron chi connectivity index (χ1n) is 5.33. The lowest BCUT2D eigenvalue weighted by Crippen LogP contribution is -2.18. The second-order valence-corrected chi connectivity index (χ2v) is 4.72. The highest BCUT2D eigenvalue weighted by Crippen LogP contribution is 2.26. The first kappa shape index (κ1) is 12.4. The van der Waals surface area contributed by atoms with Crippen LogP contribution in [-0.4, -0.2) is 10.2 Å². The zero-order chi connectivity index (χ0) is 12.3. The van der Waals surface area contributed by atoms with Crippen molar-refractivity contribution in [3.63, 3.8) is 0 Å². The molecule has 1 aromatic carbocycles. The number of H-pyrrole nitrogens is 1. The Kier molecular flexibility index (Phi) is 4.05. The minimum absolute atomic E-state index is 0.162. The fraction of sp³-hybridized carbons (Fsp3) is 0.250. The highest BCUT2D eigenvalue weighted by molar-refractivity contribution is 6.35. The first-order chi connectivity index (χ1) is 8.16. The molecule has 1 unspecified atom stereocenters. The van der Waals surface area contributed by atoms with E-state index in [0.717, 1.165) is 17.7 Å². The molecule has 0 fully saturated rings. The Morgan fingerprint density at radius 2 is 2.24 bits per heavy atom. The number of aromatic amines is 1. The van der Waals surface area contributed by atoms with Crippen molar-refractivity contribution in [1.82, 2.24) is 15.5 Å². The molecule has 0 bridgehead atoms. The number of nitrogens with zero attached hydrogens (tertiary/aromatic N) is 1. The second kappa shape index (κ2) is 5.54. The smallest absolute Gasteiger partial charge is 0.0532 e. The number of hydrogen-bond donors (Lipinski definition) is 2. The molecule has 0 amide bonds. The highest BCUT2D eigenvalue weighted by atomic mass is 35.5. The van der Waals surface area contributed by atoms with Crippen molar-refractivity contribution in [2.24, 2.45) is 0 Å². The molecule has 0 saturated carbocycles. The van der Waals surface area contributed by atoms with Gasteiger partial charge in [0, 0.05) is 34.4 Å². The molecule has 2 N–H and O–H groups in total. The molecule has 0 saturated heterocycles. The minimum atomic E-state index is 0.162. The summed E-state index contributed by atoms with van der Waals surface area (Å²) in [4.78, 5) is 0. The maximum absolute atomic E-state index is 6.14. The average Bonchev–Trinajstić information content (AvgIpc) is 2.78. The molecule has 0 aliphatic carbocycles. The van der Waals surface area contributed by atoms with Crippen molar-refractivity contribution < 1.29 is 0 Å². The predicted octanol–water partition coefficient (Wildman–Crippen LogP) is 3.57. The van der Waals surface area contributed by atoms with Gasteiger partial charge >= 0.3 is 0 Å². The lowest BCUT2D eigenvalue weighted by molar-refractivity contribution is 0.575. The van der Waals surface area contributed by atoms with Gasteiger partial charge in [0.2, 0.25) is 0 Å². The van der Waals surface area contributed by atoms with Gasteiger partial charge in [0.1, 0.15) is 0 Å². The van der Waals surface area contributed by atoms with E-state index in [9.17, 15) is 0 Å². The van der Waals surface area contributed by atoms with Crippen molar-refractivity contribution in [2.45, 2.75) is 19.5 Å². The summed E-state index contributed by atoms with van der Waals surface area (Å²) in [7, 11) is 0. The molecule has 3 nitrogen and oxygen atoms in total. The summed E-state index contributed by atoms with van der Waals surface area (Å²) in [5.74, 6) is 0. The zero-order valence-corrected chi connectivity index (χ0v) is 10.9. The van der Waals surface area contributed by atoms with Crippen molar-refractivity contribution in [2.75, 3.05) is 0 Å². The molecule has 1 aromatic heterocycles. The van der Waals surface area contributed by atoms with E-state index in [0.29, 0.717) is 10.0 Å². The van der Waals surface area contributed by atoms with E-state index >= 15 is 0 Å². The van der Waals surface area contributed by atoms with Gasteiger partial charge in [0.25, 0.3) is 0 Å². The quantitative estimate of drug-likeness (QED) is 0.891. The summed E-state index contributed by atoms with van der Waals surface area (Å²) in [5.41, 5.74) is 2.15. The van der Waals surface area contributed by atoms with Crippen LogP contribution >= 0.6 is 23.2 Å². The van der Waals surface area contributed by atoms with E-state index < -0.39 is 0 Å². The number of halogens is 2. The van der Waals surface area contributed by atoms with E-state index in [1.165, 1.54) is 0 Å². The largest absolute Gasteiger partial charge is 0.306 e. The number of hydrogen-bond acceptors (Lipinski definition) is 2. The third kappa shape index (κ3) is 3.22. The standard InChI is InChI=1S/C12H13Cl2N3/c1-8(15-5-9-6-16-17-7-9)11-3-2-10(13)4-12(11)14/h2-4,6-8,15H,5H2,1H3,(H,16,17). The van der Waals surface area contributed by atoms with Crippen LogP contribution in [0.15, 0.2) is 30.6 Å². The summed E-state index contributed by atoms with van der Waals surface area (Å²) >= 11 is 12.0. The maximum atomic E-state index is 6.14. The third-order valence-electron chi connectivity index (χ3n) is 2.60. The molecule has 17 heavy (non-hydrogen) atoms. The Labute approximate surface area is 110 Å². The fourth-order valence-electron chi connectivity index (χ4n) is 1.61. The van der Waals surface area contributed by atoms with E-state index in [4.69, 9.17) is 23.2 Å². The van der Waals surface area contributed by atoms with Gasteiger partial charge < -0.3 is 5.32 Å². The Hall–Kier alpha value is -1.03. The fourth-order valence-corrected chi connectivity index (χ4v) is 2.18. The lowest BCUT2D eigenvalue weighted by atomic mass is 10.1. The van der Waals surface area contributed by atoms with Crippen LogP contribution in [0.2, 0.25) is 10.0 Å². The number of aromatic nitrogens is 2. The Balaban J connectivity index is 2.01. The summed E-state index contributed by atoms with van der Waals surface area (Å²) in [6, 6.07) is 5.71. The van der Waals surface area contributed by atoms with Crippen LogP contribution in [0.3, 0.4) is 0 Å². The SMILES string of the molecule is CC(NCc1cn[nH]c1)c1ccc(Cl)cc1Cl. The second-order valence-electron chi connectivity index (χ2n) is 3.87. The van der Waals surface area contributed by atoms with Gasteiger partial charge in [-0.15, -0.1) is 0 Å². The average molecular weight is 270 g/mol. The van der Waals surface area contributed by atoms with Crippen molar-refractivity contribution >= 4 is 23.2 Å². The molecule has 2 rings (SSSR count). The van der Waals surface area contributed by atoms with E-state index in [2.05, 4.69) is 22.4 Å². The van der Waals surface area contributed by atoms with Gasteiger partial charge in [-0.2, -0.15) is 5.10 Å². The van der Waals surface area contributed by atoms with Gasteiger partial charge in [0.15, 0.2) is 0 Å². The van der Waals surface area contributed by atoms with E-state index in [1.807, 2.05) is 18.3 Å². The number of nitrogens with one attached hydrogen (secondary N) is 2. The zero-order valence-electron chi connectivity index (χ0n) is 9.37. The molecule has 5 heteroatoms. The molecule has 0 radical (unpaired) electrons. The van der Waals surface area contributed by atoms with Crippen molar-refractivity contribution in [1.29, 1.82) is 0 Å². The topological polar surface area (TPSA) is 40.7 Å². The molecule has 1 heterocycles. The molecule has 0 aliphatic rings. The van der Waals surface area contributed by atoms with Crippen LogP contribution in [0.1, 0.15) is 24.1 Å². The van der Waals surface area contributed by atoms with Crippen molar-refractivity contribution in [3.8, 4) is 0 Å². The monoisotopic (exact) mass is 269 g/mol. The van der Waals surface area contributed by atoms with Gasteiger partial charge in [-0.1, -0.05) is 29.3 Å². The Bertz CT molecular complexity index is 483. The lowest BCUT2D eigenvalue weighted by Gasteiger charge is -2.15. The van der Waals surface area contributed by atoms with E-state index in [-0.39, 0.29) is 6.04 Å². The Morgan fingerprint density at radius 1 is 1.41 bits per heavy atom. The van der Waals surface area contributed by atoms with Crippen LogP contribution in [-0.2, 0) is 6.54 Å². The maximum Gasteiger partial charge on any atom is 0.0532 e. The summed E-state index contributed by atoms with van der Waals surface area (Å²) in [6.45, 7) is 2.81. The molecule has 90 valence electrons. The minimum Gasteiger partial charge on any atom is -0.306 e. The van der Waals surface area contributed by atoms with E-state index in [1.54, 1.807) is 12.3 Å². The molecular formula is C12H13Cl2N3. The van der Waals surface area contributed by atoms with Gasteiger partial charge in [-0.25, -0.2) is 0 Å². The normalized spacial score (nSPS) is 12.6. The first-order valence-corrected chi connectivity index (χ1v) is 6.08. The van der Waals surface area contributed by atoms with Crippen LogP contribution in [0, 0.1) is 0 Å². The number of rotatable bonds is 4. The summed E-state index contributed by atoms with van der Waals surface area (Å²) in [6.07, 6.45) is 3.66. The summed E-state index contributed by atoms with van der Waals surface area (Å²) in [5, 5.41) is 11.4. The Morgan fingerprint density at radius 3 is 2.88 bits per heavy atom. The van der Waals surface area contributed by atoms with Gasteiger partial charge in [-0.05, 0) is 24.6 Å². The molecule has 2 aromatic rings. The van der Waals surface area contributed by atoms with Crippen LogP contribution in [0.4, 0.5) is 0 Å². The predicted molar refractivity (Wildman–Crippen MR) is 70.3 cm³/mol. The highest BCUT2D eigenvalue weighted by Gasteiger charge is 2.09. The van der Waals surface area contributed by atoms with Crippen LogP contribution in [0.5, 0.6) is 0 Å². The molecule has 0 aliphatic heterocycles. The molecule has 0 spiro atoms. The molecular weight excluding hydrogens is 257 g/mol. The van der Waals surface area contributed by atoms with Crippen molar-refractivity contribution in [3.05, 3.63) is 51.8 Å². The summed E-state index contributed by atoms with van der Waals surface area (Å²) < 4.78 is 0. The van der Waals surface area contributed by atoms with Gasteiger partial charge in [-0.3, -0.25) is 5.10 Å². The van der Waals surface area contributed by atoms with Crippen LogP contribution < -0.4 is 5.32 Å². The third-order valence-corrected chi connectivity index (χ3v) is 3.16.